The van der Waals surface area contributed by atoms with Crippen molar-refractivity contribution in [3.8, 4) is 11.5 Å². The SMILES string of the molecule is COc1cc(C(CC(=O)O)c2ccc(C)c(CN3C[C@@H](C)Oc4ccncc4S3(O)O)c2)cc2nnn(C)c12. The number of nitrogens with zero attached hydrogens (tertiary/aromatic N) is 5. The van der Waals surface area contributed by atoms with E-state index in [0.29, 0.717) is 17.0 Å². The number of methoxy groups -OCH3 is 1. The molecule has 0 amide bonds. The Bertz CT molecular complexity index is 1540. The van der Waals surface area contributed by atoms with Gasteiger partial charge in [0.15, 0.2) is 0 Å². The number of ether oxygens (including phenoxy) is 2. The zero-order chi connectivity index (χ0) is 27.9. The maximum atomic E-state index is 12.0. The minimum atomic E-state index is -3.38. The number of pyridine rings is 1. The fourth-order valence-electron chi connectivity index (χ4n) is 5.01. The summed E-state index contributed by atoms with van der Waals surface area (Å²) in [5.41, 5.74) is 4.62. The number of carbonyl (C=O) groups is 1. The van der Waals surface area contributed by atoms with Crippen molar-refractivity contribution < 1.29 is 28.5 Å². The maximum Gasteiger partial charge on any atom is 0.304 e. The molecule has 0 radical (unpaired) electrons. The van der Waals surface area contributed by atoms with Gasteiger partial charge in [0.1, 0.15) is 33.5 Å². The predicted octanol–water partition coefficient (Wildman–Crippen LogP) is 4.59. The monoisotopic (exact) mass is 553 g/mol. The summed E-state index contributed by atoms with van der Waals surface area (Å²) in [4.78, 5) is 16.3. The molecule has 2 atom stereocenters. The molecule has 0 bridgehead atoms. The average Bonchev–Trinajstić information content (AvgIpc) is 3.24. The van der Waals surface area contributed by atoms with Crippen LogP contribution in [0.25, 0.3) is 11.0 Å². The van der Waals surface area contributed by atoms with Crippen LogP contribution in [0.4, 0.5) is 0 Å². The quantitative estimate of drug-likeness (QED) is 0.297. The van der Waals surface area contributed by atoms with Crippen LogP contribution in [-0.4, -0.2) is 64.2 Å². The molecule has 5 rings (SSSR count). The second kappa shape index (κ2) is 10.5. The molecular weight excluding hydrogens is 522 g/mol. The Kier molecular flexibility index (Phi) is 7.21. The molecule has 0 fully saturated rings. The lowest BCUT2D eigenvalue weighted by atomic mass is 9.86. The minimum Gasteiger partial charge on any atom is -0.494 e. The van der Waals surface area contributed by atoms with Crippen molar-refractivity contribution in [1.29, 1.82) is 0 Å². The number of carboxylic acids is 1. The molecule has 2 aromatic heterocycles. The van der Waals surface area contributed by atoms with Gasteiger partial charge >= 0.3 is 5.97 Å². The molecule has 3 heterocycles. The summed E-state index contributed by atoms with van der Waals surface area (Å²) in [7, 11) is -0.0597. The molecule has 0 saturated heterocycles. The lowest BCUT2D eigenvalue weighted by Gasteiger charge is -2.41. The summed E-state index contributed by atoms with van der Waals surface area (Å²) in [5, 5.41) is 18.1. The summed E-state index contributed by atoms with van der Waals surface area (Å²) < 4.78 is 37.4. The number of rotatable bonds is 7. The summed E-state index contributed by atoms with van der Waals surface area (Å²) in [6.07, 6.45) is 2.53. The fraction of sp³-hybridized carbons (Fsp3) is 0.333. The van der Waals surface area contributed by atoms with Gasteiger partial charge in [-0.05, 0) is 48.2 Å². The van der Waals surface area contributed by atoms with Crippen molar-refractivity contribution in [2.45, 2.75) is 43.7 Å². The van der Waals surface area contributed by atoms with E-state index in [1.807, 2.05) is 44.2 Å². The smallest absolute Gasteiger partial charge is 0.304 e. The Labute approximate surface area is 227 Å². The first kappa shape index (κ1) is 26.9. The van der Waals surface area contributed by atoms with Crippen molar-refractivity contribution in [3.05, 3.63) is 71.0 Å². The molecule has 2 aromatic carbocycles. The number of carboxylic acid groups (broad SMARTS) is 1. The summed E-state index contributed by atoms with van der Waals surface area (Å²) in [6.45, 7) is 4.31. The Morgan fingerprint density at radius 2 is 2.03 bits per heavy atom. The topological polar surface area (TPSA) is 143 Å². The summed E-state index contributed by atoms with van der Waals surface area (Å²) in [6, 6.07) is 11.1. The minimum absolute atomic E-state index is 0.153. The van der Waals surface area contributed by atoms with E-state index in [2.05, 4.69) is 15.3 Å². The molecule has 0 saturated carbocycles. The van der Waals surface area contributed by atoms with Crippen molar-refractivity contribution >= 4 is 27.8 Å². The molecule has 1 aliphatic heterocycles. The van der Waals surface area contributed by atoms with Gasteiger partial charge in [0.2, 0.25) is 0 Å². The molecule has 0 spiro atoms. The van der Waals surface area contributed by atoms with Crippen LogP contribution >= 0.6 is 10.8 Å². The number of aryl methyl sites for hydroxylation is 2. The number of hydrogen-bond donors (Lipinski definition) is 3. The van der Waals surface area contributed by atoms with Gasteiger partial charge in [-0.2, -0.15) is 4.31 Å². The molecule has 0 aliphatic carbocycles. The van der Waals surface area contributed by atoms with Gasteiger partial charge in [-0.15, -0.1) is 15.9 Å². The van der Waals surface area contributed by atoms with E-state index in [0.717, 1.165) is 27.8 Å². The van der Waals surface area contributed by atoms with Crippen molar-refractivity contribution in [1.82, 2.24) is 24.3 Å². The molecule has 1 aliphatic rings. The van der Waals surface area contributed by atoms with E-state index < -0.39 is 22.7 Å². The number of fused-ring (bicyclic) bond motifs is 2. The van der Waals surface area contributed by atoms with E-state index in [-0.39, 0.29) is 30.5 Å². The van der Waals surface area contributed by atoms with Crippen molar-refractivity contribution in [2.75, 3.05) is 13.7 Å². The summed E-state index contributed by atoms with van der Waals surface area (Å²) in [5.74, 6) is -0.492. The molecule has 39 heavy (non-hydrogen) atoms. The second-order valence-corrected chi connectivity index (χ2v) is 11.7. The van der Waals surface area contributed by atoms with Crippen molar-refractivity contribution in [2.24, 2.45) is 7.05 Å². The van der Waals surface area contributed by atoms with Gasteiger partial charge in [-0.3, -0.25) is 18.9 Å². The highest BCUT2D eigenvalue weighted by molar-refractivity contribution is 8.22. The maximum absolute atomic E-state index is 12.0. The Morgan fingerprint density at radius 1 is 1.23 bits per heavy atom. The van der Waals surface area contributed by atoms with E-state index in [9.17, 15) is 19.0 Å². The van der Waals surface area contributed by atoms with E-state index >= 15 is 0 Å². The van der Waals surface area contributed by atoms with Gasteiger partial charge in [0, 0.05) is 31.8 Å². The van der Waals surface area contributed by atoms with Crippen LogP contribution in [-0.2, 0) is 18.4 Å². The van der Waals surface area contributed by atoms with Crippen molar-refractivity contribution in [3.63, 3.8) is 0 Å². The molecule has 3 N–H and O–H groups in total. The van der Waals surface area contributed by atoms with E-state index in [4.69, 9.17) is 9.47 Å². The standard InChI is InChI=1S/C27H31N5O6S/c1-16-5-6-18(21(12-26(33)34)19-10-22-27(24(11-19)37-4)31(3)30-29-22)9-20(16)15-32-14-17(2)38-23-7-8-28-13-25(23)39(32,35)36/h5-11,13,17,21,35-36H,12,14-15H2,1-4H3,(H,33,34)/t17-,21?/m1/s1. The molecule has 206 valence electrons. The lowest BCUT2D eigenvalue weighted by molar-refractivity contribution is -0.137. The highest BCUT2D eigenvalue weighted by atomic mass is 32.3. The van der Waals surface area contributed by atoms with Crippen LogP contribution in [0.5, 0.6) is 11.5 Å². The summed E-state index contributed by atoms with van der Waals surface area (Å²) >= 11 is 0. The van der Waals surface area contributed by atoms with Gasteiger partial charge in [0.05, 0.1) is 26.3 Å². The van der Waals surface area contributed by atoms with Gasteiger partial charge in [-0.25, -0.2) is 4.68 Å². The zero-order valence-corrected chi connectivity index (χ0v) is 22.9. The largest absolute Gasteiger partial charge is 0.494 e. The third-order valence-electron chi connectivity index (χ3n) is 7.00. The number of aliphatic carboxylic acids is 1. The Balaban J connectivity index is 1.55. The first-order valence-corrected chi connectivity index (χ1v) is 13.9. The van der Waals surface area contributed by atoms with Crippen LogP contribution in [0, 0.1) is 6.92 Å². The predicted molar refractivity (Wildman–Crippen MR) is 146 cm³/mol. The normalized spacial score (nSPS) is 18.6. The lowest BCUT2D eigenvalue weighted by Crippen LogP contribution is -2.33. The molecule has 1 unspecified atom stereocenters. The van der Waals surface area contributed by atoms with Gasteiger partial charge in [0.25, 0.3) is 0 Å². The number of aromatic nitrogens is 4. The third-order valence-corrected chi connectivity index (χ3v) is 8.90. The second-order valence-electron chi connectivity index (χ2n) is 9.73. The number of benzene rings is 2. The van der Waals surface area contributed by atoms with Crippen LogP contribution in [0.1, 0.15) is 41.5 Å². The first-order valence-electron chi connectivity index (χ1n) is 12.4. The molecule has 4 aromatic rings. The third kappa shape index (κ3) is 5.15. The van der Waals surface area contributed by atoms with Gasteiger partial charge in [-0.1, -0.05) is 23.4 Å². The van der Waals surface area contributed by atoms with Crippen LogP contribution in [0.15, 0.2) is 53.7 Å². The van der Waals surface area contributed by atoms with Crippen LogP contribution in [0.3, 0.4) is 0 Å². The molecule has 11 nitrogen and oxygen atoms in total. The highest BCUT2D eigenvalue weighted by Gasteiger charge is 2.34. The van der Waals surface area contributed by atoms with E-state index in [1.165, 1.54) is 6.20 Å². The number of hydrogen-bond acceptors (Lipinski definition) is 9. The van der Waals surface area contributed by atoms with Gasteiger partial charge < -0.3 is 14.6 Å². The van der Waals surface area contributed by atoms with Crippen LogP contribution < -0.4 is 9.47 Å². The highest BCUT2D eigenvalue weighted by Crippen LogP contribution is 2.57. The average molecular weight is 554 g/mol. The zero-order valence-electron chi connectivity index (χ0n) is 22.1. The van der Waals surface area contributed by atoms with Crippen LogP contribution in [0.2, 0.25) is 0 Å². The fourth-order valence-corrected chi connectivity index (χ4v) is 6.62. The first-order chi connectivity index (χ1) is 18.6. The molecular formula is C27H31N5O6S. The Morgan fingerprint density at radius 3 is 2.77 bits per heavy atom. The molecule has 12 heteroatoms. The van der Waals surface area contributed by atoms with E-state index in [1.54, 1.807) is 35.4 Å². The Hall–Kier alpha value is -3.71.